The van der Waals surface area contributed by atoms with Crippen molar-refractivity contribution in [3.8, 4) is 11.3 Å². The van der Waals surface area contributed by atoms with Gasteiger partial charge in [-0.25, -0.2) is 4.98 Å². The van der Waals surface area contributed by atoms with Crippen molar-refractivity contribution in [3.63, 3.8) is 0 Å². The molecule has 1 heterocycles. The Morgan fingerprint density at radius 2 is 1.88 bits per heavy atom. The summed E-state index contributed by atoms with van der Waals surface area (Å²) >= 11 is 0. The Morgan fingerprint density at radius 1 is 1.06 bits per heavy atom. The minimum absolute atomic E-state index is 0.376. The lowest BCUT2D eigenvalue weighted by molar-refractivity contribution is 0.176. The van der Waals surface area contributed by atoms with E-state index in [0.717, 1.165) is 29.8 Å². The number of rotatable bonds is 1. The van der Waals surface area contributed by atoms with Crippen LogP contribution >= 0.6 is 0 Å². The molecule has 0 fully saturated rings. The van der Waals surface area contributed by atoms with Crippen LogP contribution in [0.15, 0.2) is 42.5 Å². The normalized spacial score (nSPS) is 18.4. The molecule has 1 N–H and O–H groups in total. The number of nitrogens with zero attached hydrogens (tertiary/aromatic N) is 1. The van der Waals surface area contributed by atoms with E-state index >= 15 is 0 Å². The first-order chi connectivity index (χ1) is 7.84. The quantitative estimate of drug-likeness (QED) is 0.786. The largest absolute Gasteiger partial charge is 0.387 e. The molecule has 2 aromatic rings. The van der Waals surface area contributed by atoms with Crippen LogP contribution in [0.3, 0.4) is 0 Å². The van der Waals surface area contributed by atoms with Crippen molar-refractivity contribution in [1.29, 1.82) is 0 Å². The maximum Gasteiger partial charge on any atom is 0.0966 e. The van der Waals surface area contributed by atoms with E-state index in [-0.39, 0.29) is 6.10 Å². The Labute approximate surface area is 94.6 Å². The number of pyridine rings is 1. The molecular weight excluding hydrogens is 198 g/mol. The Kier molecular flexibility index (Phi) is 2.22. The molecular formula is C14H13NO. The number of aliphatic hydroxyl groups is 1. The second-order valence-corrected chi connectivity index (χ2v) is 4.16. The van der Waals surface area contributed by atoms with Gasteiger partial charge in [0.1, 0.15) is 0 Å². The van der Waals surface area contributed by atoms with Gasteiger partial charge in [0.2, 0.25) is 0 Å². The first kappa shape index (κ1) is 9.55. The Bertz CT molecular complexity index is 507. The van der Waals surface area contributed by atoms with Crippen molar-refractivity contribution in [1.82, 2.24) is 4.98 Å². The summed E-state index contributed by atoms with van der Waals surface area (Å²) < 4.78 is 0. The third-order valence-electron chi connectivity index (χ3n) is 3.08. The Morgan fingerprint density at radius 3 is 2.69 bits per heavy atom. The molecule has 0 radical (unpaired) electrons. The molecule has 0 amide bonds. The van der Waals surface area contributed by atoms with Gasteiger partial charge in [-0.3, -0.25) is 0 Å². The number of fused-ring (bicyclic) bond motifs is 1. The van der Waals surface area contributed by atoms with Gasteiger partial charge in [-0.2, -0.15) is 0 Å². The predicted molar refractivity (Wildman–Crippen MR) is 63.0 cm³/mol. The fourth-order valence-corrected chi connectivity index (χ4v) is 2.20. The maximum atomic E-state index is 9.79. The number of aromatic nitrogens is 1. The number of aryl methyl sites for hydroxylation is 1. The number of hydrogen-bond donors (Lipinski definition) is 1. The highest BCUT2D eigenvalue weighted by atomic mass is 16.3. The molecule has 0 saturated heterocycles. The van der Waals surface area contributed by atoms with Crippen LogP contribution < -0.4 is 0 Å². The van der Waals surface area contributed by atoms with Crippen LogP contribution in [0.2, 0.25) is 0 Å². The van der Waals surface area contributed by atoms with Crippen LogP contribution in [0.1, 0.15) is 23.8 Å². The van der Waals surface area contributed by atoms with Crippen LogP contribution in [0, 0.1) is 0 Å². The zero-order valence-corrected chi connectivity index (χ0v) is 8.93. The predicted octanol–water partition coefficient (Wildman–Crippen LogP) is 2.73. The third-order valence-corrected chi connectivity index (χ3v) is 3.08. The molecule has 0 bridgehead atoms. The van der Waals surface area contributed by atoms with Gasteiger partial charge in [-0.1, -0.05) is 36.4 Å². The molecule has 0 spiro atoms. The Balaban J connectivity index is 2.08. The minimum Gasteiger partial charge on any atom is -0.387 e. The minimum atomic E-state index is -0.376. The highest BCUT2D eigenvalue weighted by Crippen LogP contribution is 2.31. The van der Waals surface area contributed by atoms with Crippen LogP contribution in [-0.4, -0.2) is 10.1 Å². The number of aliphatic hydroxyl groups excluding tert-OH is 1. The fraction of sp³-hybridized carbons (Fsp3) is 0.214. The van der Waals surface area contributed by atoms with Gasteiger partial charge < -0.3 is 5.11 Å². The first-order valence-electron chi connectivity index (χ1n) is 5.58. The number of hydrogen-bond acceptors (Lipinski definition) is 2. The van der Waals surface area contributed by atoms with E-state index in [9.17, 15) is 5.11 Å². The maximum absolute atomic E-state index is 9.79. The second kappa shape index (κ2) is 3.72. The van der Waals surface area contributed by atoms with E-state index in [2.05, 4.69) is 11.1 Å². The van der Waals surface area contributed by atoms with E-state index in [1.54, 1.807) is 0 Å². The molecule has 1 aliphatic carbocycles. The van der Waals surface area contributed by atoms with Gasteiger partial charge in [0, 0.05) is 5.56 Å². The first-order valence-corrected chi connectivity index (χ1v) is 5.58. The monoisotopic (exact) mass is 211 g/mol. The zero-order valence-electron chi connectivity index (χ0n) is 8.93. The summed E-state index contributed by atoms with van der Waals surface area (Å²) in [6.07, 6.45) is 1.37. The van der Waals surface area contributed by atoms with Crippen LogP contribution in [0.5, 0.6) is 0 Å². The zero-order chi connectivity index (χ0) is 11.0. The van der Waals surface area contributed by atoms with Gasteiger partial charge in [0.25, 0.3) is 0 Å². The summed E-state index contributed by atoms with van der Waals surface area (Å²) in [5.74, 6) is 0. The van der Waals surface area contributed by atoms with Crippen LogP contribution in [0.4, 0.5) is 0 Å². The summed E-state index contributed by atoms with van der Waals surface area (Å²) in [5.41, 5.74) is 4.10. The van der Waals surface area contributed by atoms with Crippen LogP contribution in [0.25, 0.3) is 11.3 Å². The molecule has 1 aromatic heterocycles. The molecule has 1 atom stereocenters. The summed E-state index contributed by atoms with van der Waals surface area (Å²) in [7, 11) is 0. The molecule has 0 aliphatic heterocycles. The lowest BCUT2D eigenvalue weighted by Gasteiger charge is -2.06. The van der Waals surface area contributed by atoms with Gasteiger partial charge >= 0.3 is 0 Å². The van der Waals surface area contributed by atoms with E-state index in [4.69, 9.17) is 0 Å². The summed E-state index contributed by atoms with van der Waals surface area (Å²) in [6, 6.07) is 14.2. The van der Waals surface area contributed by atoms with E-state index in [1.807, 2.05) is 36.4 Å². The smallest absolute Gasteiger partial charge is 0.0966 e. The standard InChI is InChI=1S/C14H13NO/c16-13-9-7-11-6-8-12(15-14(11)13)10-4-2-1-3-5-10/h1-6,8,13,16H,7,9H2/t13-/m1/s1. The lowest BCUT2D eigenvalue weighted by atomic mass is 10.1. The lowest BCUT2D eigenvalue weighted by Crippen LogP contribution is -1.96. The van der Waals surface area contributed by atoms with E-state index < -0.39 is 0 Å². The molecule has 1 aliphatic rings. The van der Waals surface area contributed by atoms with Gasteiger partial charge in [0.05, 0.1) is 17.5 Å². The molecule has 16 heavy (non-hydrogen) atoms. The molecule has 2 heteroatoms. The average molecular weight is 211 g/mol. The molecule has 0 saturated carbocycles. The van der Waals surface area contributed by atoms with Crippen molar-refractivity contribution < 1.29 is 5.11 Å². The SMILES string of the molecule is O[C@@H]1CCc2ccc(-c3ccccc3)nc21. The van der Waals surface area contributed by atoms with Gasteiger partial charge in [-0.15, -0.1) is 0 Å². The molecule has 0 unspecified atom stereocenters. The van der Waals surface area contributed by atoms with Crippen molar-refractivity contribution in [2.24, 2.45) is 0 Å². The highest BCUT2D eigenvalue weighted by Gasteiger charge is 2.21. The Hall–Kier alpha value is -1.67. The summed E-state index contributed by atoms with van der Waals surface area (Å²) in [6.45, 7) is 0. The van der Waals surface area contributed by atoms with Gasteiger partial charge in [0.15, 0.2) is 0 Å². The fourth-order valence-electron chi connectivity index (χ4n) is 2.20. The molecule has 2 nitrogen and oxygen atoms in total. The van der Waals surface area contributed by atoms with E-state index in [0.29, 0.717) is 0 Å². The van der Waals surface area contributed by atoms with Crippen molar-refractivity contribution >= 4 is 0 Å². The van der Waals surface area contributed by atoms with Gasteiger partial charge in [-0.05, 0) is 24.5 Å². The summed E-state index contributed by atoms with van der Waals surface area (Å²) in [5, 5.41) is 9.79. The molecule has 80 valence electrons. The topological polar surface area (TPSA) is 33.1 Å². The highest BCUT2D eigenvalue weighted by molar-refractivity contribution is 5.59. The average Bonchev–Trinajstić information content (AvgIpc) is 2.72. The summed E-state index contributed by atoms with van der Waals surface area (Å²) in [4.78, 5) is 4.55. The second-order valence-electron chi connectivity index (χ2n) is 4.16. The van der Waals surface area contributed by atoms with Crippen molar-refractivity contribution in [2.45, 2.75) is 18.9 Å². The van der Waals surface area contributed by atoms with Crippen LogP contribution in [-0.2, 0) is 6.42 Å². The van der Waals surface area contributed by atoms with E-state index in [1.165, 1.54) is 5.56 Å². The number of benzene rings is 1. The van der Waals surface area contributed by atoms with Crippen molar-refractivity contribution in [2.75, 3.05) is 0 Å². The van der Waals surface area contributed by atoms with Crippen molar-refractivity contribution in [3.05, 3.63) is 53.7 Å². The molecule has 1 aromatic carbocycles. The molecule has 3 rings (SSSR count). The third kappa shape index (κ3) is 1.51.